The Kier molecular flexibility index (Phi) is 5.93. The maximum atomic E-state index is 13.3. The molecule has 0 saturated carbocycles. The molecule has 0 aliphatic carbocycles. The fraction of sp³-hybridized carbons (Fsp3) is 0.263. The number of hydroxylamine groups is 1. The topological polar surface area (TPSA) is 77.5 Å². The highest BCUT2D eigenvalue weighted by Gasteiger charge is 2.22. The average Bonchev–Trinajstić information content (AvgIpc) is 3.07. The number of amides is 1. The Balaban J connectivity index is 1.50. The Hall–Kier alpha value is -2.77. The third-order valence-electron chi connectivity index (χ3n) is 4.24. The SMILES string of the molecule is O=C(C=Cc1ccc(N[C@@H]2CCN(Cc3cccc(F)c3)C2)nc1)NO. The minimum absolute atomic E-state index is 0.203. The van der Waals surface area contributed by atoms with Crippen LogP contribution in [0.1, 0.15) is 17.5 Å². The lowest BCUT2D eigenvalue weighted by Crippen LogP contribution is -2.26. The number of nitrogens with one attached hydrogen (secondary N) is 2. The van der Waals surface area contributed by atoms with Gasteiger partial charge in [0.25, 0.3) is 5.91 Å². The van der Waals surface area contributed by atoms with Gasteiger partial charge in [-0.05, 0) is 47.9 Å². The van der Waals surface area contributed by atoms with E-state index < -0.39 is 5.91 Å². The third-order valence-corrected chi connectivity index (χ3v) is 4.24. The van der Waals surface area contributed by atoms with E-state index in [0.29, 0.717) is 0 Å². The van der Waals surface area contributed by atoms with Crippen LogP contribution in [0.15, 0.2) is 48.7 Å². The summed E-state index contributed by atoms with van der Waals surface area (Å²) in [6, 6.07) is 10.7. The van der Waals surface area contributed by atoms with Gasteiger partial charge < -0.3 is 5.32 Å². The molecule has 2 aromatic rings. The van der Waals surface area contributed by atoms with Crippen LogP contribution in [-0.4, -0.2) is 40.1 Å². The highest BCUT2D eigenvalue weighted by atomic mass is 19.1. The van der Waals surface area contributed by atoms with E-state index >= 15 is 0 Å². The number of likely N-dealkylation sites (tertiary alicyclic amines) is 1. The zero-order valence-corrected chi connectivity index (χ0v) is 14.2. The molecule has 1 atom stereocenters. The lowest BCUT2D eigenvalue weighted by Gasteiger charge is -2.17. The van der Waals surface area contributed by atoms with Gasteiger partial charge >= 0.3 is 0 Å². The summed E-state index contributed by atoms with van der Waals surface area (Å²) in [6.45, 7) is 2.56. The van der Waals surface area contributed by atoms with E-state index in [9.17, 15) is 9.18 Å². The fourth-order valence-electron chi connectivity index (χ4n) is 3.00. The molecular weight excluding hydrogens is 335 g/mol. The Morgan fingerprint density at radius 3 is 3.00 bits per heavy atom. The van der Waals surface area contributed by atoms with Gasteiger partial charge in [-0.3, -0.25) is 14.9 Å². The number of carbonyl (C=O) groups excluding carboxylic acids is 1. The lowest BCUT2D eigenvalue weighted by atomic mass is 10.2. The molecule has 1 aromatic heterocycles. The second-order valence-corrected chi connectivity index (χ2v) is 6.28. The molecule has 3 N–H and O–H groups in total. The molecule has 0 unspecified atom stereocenters. The Morgan fingerprint density at radius 2 is 2.27 bits per heavy atom. The number of nitrogens with zero attached hydrogens (tertiary/aromatic N) is 2. The molecular formula is C19H21FN4O2. The molecule has 1 amide bonds. The van der Waals surface area contributed by atoms with Crippen LogP contribution in [0.25, 0.3) is 6.08 Å². The van der Waals surface area contributed by atoms with E-state index in [4.69, 9.17) is 5.21 Å². The van der Waals surface area contributed by atoms with Crippen molar-refractivity contribution in [3.63, 3.8) is 0 Å². The van der Waals surface area contributed by atoms with E-state index in [2.05, 4.69) is 15.2 Å². The maximum absolute atomic E-state index is 13.3. The summed E-state index contributed by atoms with van der Waals surface area (Å²) in [6.07, 6.45) is 5.45. The molecule has 136 valence electrons. The van der Waals surface area contributed by atoms with Gasteiger partial charge in [-0.2, -0.15) is 0 Å². The van der Waals surface area contributed by atoms with Crippen LogP contribution in [0.5, 0.6) is 0 Å². The molecule has 1 fully saturated rings. The molecule has 0 radical (unpaired) electrons. The molecule has 1 aromatic carbocycles. The number of pyridine rings is 1. The zero-order chi connectivity index (χ0) is 18.4. The Bertz CT molecular complexity index is 779. The van der Waals surface area contributed by atoms with Crippen molar-refractivity contribution in [3.05, 3.63) is 65.6 Å². The molecule has 3 rings (SSSR count). The number of anilines is 1. The fourth-order valence-corrected chi connectivity index (χ4v) is 3.00. The smallest absolute Gasteiger partial charge is 0.267 e. The van der Waals surface area contributed by atoms with Crippen LogP contribution in [0.2, 0.25) is 0 Å². The lowest BCUT2D eigenvalue weighted by molar-refractivity contribution is -0.124. The van der Waals surface area contributed by atoms with Gasteiger partial charge in [0.15, 0.2) is 0 Å². The van der Waals surface area contributed by atoms with Gasteiger partial charge in [0.2, 0.25) is 0 Å². The standard InChI is InChI=1S/C19H21FN4O2/c20-16-3-1-2-15(10-16)12-24-9-8-17(13-24)22-18-6-4-14(11-21-18)5-7-19(25)23-26/h1-7,10-11,17,26H,8-9,12-13H2,(H,21,22)(H,23,25)/t17-/m1/s1. The second kappa shape index (κ2) is 8.55. The molecule has 7 heteroatoms. The van der Waals surface area contributed by atoms with E-state index in [1.165, 1.54) is 17.6 Å². The first-order valence-corrected chi connectivity index (χ1v) is 8.44. The van der Waals surface area contributed by atoms with Gasteiger partial charge in [0.05, 0.1) is 0 Å². The first-order chi connectivity index (χ1) is 12.6. The third kappa shape index (κ3) is 5.11. The van der Waals surface area contributed by atoms with Crippen molar-refractivity contribution in [1.82, 2.24) is 15.4 Å². The second-order valence-electron chi connectivity index (χ2n) is 6.28. The van der Waals surface area contributed by atoms with E-state index in [1.807, 2.05) is 18.2 Å². The van der Waals surface area contributed by atoms with Gasteiger partial charge in [-0.15, -0.1) is 0 Å². The first kappa shape index (κ1) is 18.0. The Labute approximate surface area is 151 Å². The summed E-state index contributed by atoms with van der Waals surface area (Å²) in [7, 11) is 0. The summed E-state index contributed by atoms with van der Waals surface area (Å²) < 4.78 is 13.3. The van der Waals surface area contributed by atoms with Crippen molar-refractivity contribution >= 4 is 17.8 Å². The zero-order valence-electron chi connectivity index (χ0n) is 14.2. The molecule has 0 spiro atoms. The largest absolute Gasteiger partial charge is 0.366 e. The summed E-state index contributed by atoms with van der Waals surface area (Å²) in [5, 5.41) is 11.8. The van der Waals surface area contributed by atoms with Gasteiger partial charge in [-0.1, -0.05) is 12.1 Å². The van der Waals surface area contributed by atoms with Gasteiger partial charge in [0, 0.05) is 37.9 Å². The number of carbonyl (C=O) groups is 1. The summed E-state index contributed by atoms with van der Waals surface area (Å²) >= 11 is 0. The van der Waals surface area contributed by atoms with Crippen molar-refractivity contribution in [1.29, 1.82) is 0 Å². The number of rotatable bonds is 6. The quantitative estimate of drug-likeness (QED) is 0.421. The van der Waals surface area contributed by atoms with Crippen LogP contribution in [0.3, 0.4) is 0 Å². The van der Waals surface area contributed by atoms with Crippen molar-refractivity contribution in [2.75, 3.05) is 18.4 Å². The van der Waals surface area contributed by atoms with Crippen LogP contribution >= 0.6 is 0 Å². The predicted octanol–water partition coefficient (Wildman–Crippen LogP) is 2.43. The summed E-state index contributed by atoms with van der Waals surface area (Å²) in [5.41, 5.74) is 3.28. The number of aromatic nitrogens is 1. The highest BCUT2D eigenvalue weighted by Crippen LogP contribution is 2.17. The summed E-state index contributed by atoms with van der Waals surface area (Å²) in [4.78, 5) is 17.6. The first-order valence-electron chi connectivity index (χ1n) is 8.44. The monoisotopic (exact) mass is 356 g/mol. The van der Waals surface area contributed by atoms with Crippen molar-refractivity contribution in [3.8, 4) is 0 Å². The van der Waals surface area contributed by atoms with Crippen molar-refractivity contribution < 1.29 is 14.4 Å². The number of hydrogen-bond donors (Lipinski definition) is 3. The maximum Gasteiger partial charge on any atom is 0.267 e. The molecule has 0 bridgehead atoms. The number of benzene rings is 1. The molecule has 6 nitrogen and oxygen atoms in total. The van der Waals surface area contributed by atoms with Crippen LogP contribution in [0, 0.1) is 5.82 Å². The number of hydrogen-bond acceptors (Lipinski definition) is 5. The average molecular weight is 356 g/mol. The molecule has 1 aliphatic rings. The number of halogens is 1. The molecule has 26 heavy (non-hydrogen) atoms. The minimum atomic E-state index is -0.587. The molecule has 1 saturated heterocycles. The summed E-state index contributed by atoms with van der Waals surface area (Å²) in [5.74, 6) is -0.0194. The highest BCUT2D eigenvalue weighted by molar-refractivity contribution is 5.90. The van der Waals surface area contributed by atoms with Gasteiger partial charge in [-0.25, -0.2) is 14.9 Å². The minimum Gasteiger partial charge on any atom is -0.366 e. The van der Waals surface area contributed by atoms with Gasteiger partial charge in [0.1, 0.15) is 11.6 Å². The van der Waals surface area contributed by atoms with Crippen molar-refractivity contribution in [2.45, 2.75) is 19.0 Å². The van der Waals surface area contributed by atoms with Crippen LogP contribution in [-0.2, 0) is 11.3 Å². The van der Waals surface area contributed by atoms with E-state index in [1.54, 1.807) is 24.4 Å². The normalized spacial score (nSPS) is 17.5. The van der Waals surface area contributed by atoms with E-state index in [-0.39, 0.29) is 11.9 Å². The van der Waals surface area contributed by atoms with Crippen molar-refractivity contribution in [2.24, 2.45) is 0 Å². The van der Waals surface area contributed by atoms with Crippen LogP contribution in [0.4, 0.5) is 10.2 Å². The molecule has 2 heterocycles. The Morgan fingerprint density at radius 1 is 1.38 bits per heavy atom. The molecule has 1 aliphatic heterocycles. The van der Waals surface area contributed by atoms with E-state index in [0.717, 1.165) is 43.0 Å². The van der Waals surface area contributed by atoms with Crippen LogP contribution < -0.4 is 10.8 Å². The predicted molar refractivity (Wildman–Crippen MR) is 96.9 cm³/mol.